The second-order valence-corrected chi connectivity index (χ2v) is 6.61. The van der Waals surface area contributed by atoms with Gasteiger partial charge in [-0.15, -0.1) is 15.3 Å². The Balaban J connectivity index is 1.77. The fraction of sp³-hybridized carbons (Fsp3) is 0.316. The Hall–Kier alpha value is -3.36. The zero-order chi connectivity index (χ0) is 19.7. The third-order valence-electron chi connectivity index (χ3n) is 4.46. The van der Waals surface area contributed by atoms with Crippen molar-refractivity contribution in [3.05, 3.63) is 53.9 Å². The van der Waals surface area contributed by atoms with Gasteiger partial charge in [0.2, 0.25) is 5.88 Å². The zero-order valence-corrected chi connectivity index (χ0v) is 15.9. The van der Waals surface area contributed by atoms with Gasteiger partial charge in [-0.25, -0.2) is 14.1 Å². The van der Waals surface area contributed by atoms with Crippen LogP contribution < -0.4 is 4.74 Å². The van der Waals surface area contributed by atoms with Crippen LogP contribution >= 0.6 is 0 Å². The van der Waals surface area contributed by atoms with Crippen molar-refractivity contribution in [3.8, 4) is 17.3 Å². The van der Waals surface area contributed by atoms with Crippen LogP contribution in [-0.2, 0) is 13.2 Å². The molecule has 3 aromatic heterocycles. The van der Waals surface area contributed by atoms with E-state index in [0.29, 0.717) is 35.3 Å². The van der Waals surface area contributed by atoms with E-state index in [0.717, 1.165) is 5.56 Å². The van der Waals surface area contributed by atoms with E-state index in [1.165, 1.54) is 16.9 Å². The van der Waals surface area contributed by atoms with Crippen molar-refractivity contribution < 1.29 is 9.13 Å². The molecule has 0 N–H and O–H groups in total. The molecular weight excluding hydrogens is 361 g/mol. The van der Waals surface area contributed by atoms with E-state index >= 15 is 0 Å². The Morgan fingerprint density at radius 3 is 2.75 bits per heavy atom. The number of fused-ring (bicyclic) bond motifs is 1. The summed E-state index contributed by atoms with van der Waals surface area (Å²) in [7, 11) is 0. The highest BCUT2D eigenvalue weighted by Crippen LogP contribution is 2.28. The Bertz CT molecular complexity index is 1120. The van der Waals surface area contributed by atoms with Crippen LogP contribution in [0.4, 0.5) is 4.39 Å². The molecule has 0 atom stereocenters. The lowest BCUT2D eigenvalue weighted by Gasteiger charge is -2.13. The van der Waals surface area contributed by atoms with Gasteiger partial charge >= 0.3 is 0 Å². The van der Waals surface area contributed by atoms with Gasteiger partial charge in [-0.05, 0) is 31.0 Å². The quantitative estimate of drug-likeness (QED) is 0.510. The third-order valence-corrected chi connectivity index (χ3v) is 4.46. The van der Waals surface area contributed by atoms with Crippen LogP contribution in [0.25, 0.3) is 17.0 Å². The molecule has 0 saturated carbocycles. The minimum Gasteiger partial charge on any atom is -0.468 e. The van der Waals surface area contributed by atoms with Crippen molar-refractivity contribution in [1.82, 2.24) is 34.6 Å². The summed E-state index contributed by atoms with van der Waals surface area (Å²) in [4.78, 5) is 4.22. The van der Waals surface area contributed by atoms with Gasteiger partial charge in [-0.3, -0.25) is 0 Å². The predicted octanol–water partition coefficient (Wildman–Crippen LogP) is 3.24. The molecule has 144 valence electrons. The lowest BCUT2D eigenvalue weighted by Crippen LogP contribution is -2.11. The highest BCUT2D eigenvalue weighted by atomic mass is 19.1. The molecule has 0 aliphatic carbocycles. The van der Waals surface area contributed by atoms with E-state index in [1.807, 2.05) is 26.8 Å². The van der Waals surface area contributed by atoms with Gasteiger partial charge in [0.05, 0.1) is 5.56 Å². The maximum Gasteiger partial charge on any atom is 0.235 e. The highest BCUT2D eigenvalue weighted by molar-refractivity contribution is 5.60. The summed E-state index contributed by atoms with van der Waals surface area (Å²) >= 11 is 0. The average Bonchev–Trinajstić information content (AvgIpc) is 3.32. The van der Waals surface area contributed by atoms with Crippen LogP contribution in [0.1, 0.15) is 38.1 Å². The first-order chi connectivity index (χ1) is 13.6. The molecule has 0 radical (unpaired) electrons. The van der Waals surface area contributed by atoms with Crippen molar-refractivity contribution in [3.63, 3.8) is 0 Å². The van der Waals surface area contributed by atoms with Gasteiger partial charge in [0.1, 0.15) is 18.8 Å². The summed E-state index contributed by atoms with van der Waals surface area (Å²) in [6.07, 6.45) is 1.50. The number of ether oxygens (including phenoxy) is 1. The second-order valence-electron chi connectivity index (χ2n) is 6.61. The normalized spacial score (nSPS) is 11.5. The van der Waals surface area contributed by atoms with Crippen LogP contribution in [0.5, 0.6) is 5.88 Å². The van der Waals surface area contributed by atoms with E-state index < -0.39 is 0 Å². The molecule has 4 rings (SSSR count). The molecule has 0 spiro atoms. The van der Waals surface area contributed by atoms with Crippen LogP contribution in [0, 0.1) is 5.82 Å². The molecule has 0 amide bonds. The van der Waals surface area contributed by atoms with Gasteiger partial charge in [-0.1, -0.05) is 26.0 Å². The Morgan fingerprint density at radius 1 is 1.18 bits per heavy atom. The summed E-state index contributed by atoms with van der Waals surface area (Å²) in [6, 6.07) is 8.28. The smallest absolute Gasteiger partial charge is 0.235 e. The first-order valence-electron chi connectivity index (χ1n) is 9.09. The van der Waals surface area contributed by atoms with Crippen LogP contribution in [0.15, 0.2) is 36.7 Å². The highest BCUT2D eigenvalue weighted by Gasteiger charge is 2.19. The Kier molecular flexibility index (Phi) is 4.72. The summed E-state index contributed by atoms with van der Waals surface area (Å²) in [6.45, 7) is 7.00. The predicted molar refractivity (Wildman–Crippen MR) is 100 cm³/mol. The fourth-order valence-corrected chi connectivity index (χ4v) is 2.96. The van der Waals surface area contributed by atoms with Crippen LogP contribution in [0.3, 0.4) is 0 Å². The number of hydrogen-bond donors (Lipinski definition) is 0. The maximum atomic E-state index is 14.2. The third kappa shape index (κ3) is 3.19. The molecule has 0 saturated heterocycles. The molecule has 0 aliphatic rings. The summed E-state index contributed by atoms with van der Waals surface area (Å²) in [5.41, 5.74) is 1.75. The molecule has 0 fully saturated rings. The van der Waals surface area contributed by atoms with Gasteiger partial charge in [0.15, 0.2) is 17.3 Å². The van der Waals surface area contributed by atoms with E-state index in [9.17, 15) is 4.39 Å². The topological polar surface area (TPSA) is 83.0 Å². The first kappa shape index (κ1) is 18.0. The number of aryl methyl sites for hydroxylation is 1. The molecular formula is C19H20FN7O. The van der Waals surface area contributed by atoms with Crippen molar-refractivity contribution >= 4 is 5.65 Å². The number of benzene rings is 1. The van der Waals surface area contributed by atoms with Crippen molar-refractivity contribution in [2.24, 2.45) is 0 Å². The monoisotopic (exact) mass is 381 g/mol. The average molecular weight is 381 g/mol. The van der Waals surface area contributed by atoms with Crippen LogP contribution in [0.2, 0.25) is 0 Å². The largest absolute Gasteiger partial charge is 0.468 e. The summed E-state index contributed by atoms with van der Waals surface area (Å²) in [5.74, 6) is 1.24. The Morgan fingerprint density at radius 2 is 2.00 bits per heavy atom. The van der Waals surface area contributed by atoms with E-state index in [2.05, 4.69) is 25.4 Å². The minimum absolute atomic E-state index is 0.158. The number of halogens is 1. The van der Waals surface area contributed by atoms with E-state index in [1.54, 1.807) is 22.9 Å². The molecule has 28 heavy (non-hydrogen) atoms. The fourth-order valence-electron chi connectivity index (χ4n) is 2.96. The summed E-state index contributed by atoms with van der Waals surface area (Å²) < 4.78 is 23.5. The number of aromatic nitrogens is 7. The van der Waals surface area contributed by atoms with Crippen LogP contribution in [-0.4, -0.2) is 34.6 Å². The lowest BCUT2D eigenvalue weighted by atomic mass is 10.1. The maximum absolute atomic E-state index is 14.2. The van der Waals surface area contributed by atoms with Crippen molar-refractivity contribution in [2.45, 2.75) is 39.8 Å². The van der Waals surface area contributed by atoms with Crippen molar-refractivity contribution in [1.29, 1.82) is 0 Å². The SMILES string of the molecule is CCn1ncnc1COc1nn2c(-c3ccccc3F)nnc2cc1C(C)C. The molecule has 4 aromatic rings. The molecule has 9 heteroatoms. The Labute approximate surface area is 161 Å². The summed E-state index contributed by atoms with van der Waals surface area (Å²) in [5, 5.41) is 17.0. The zero-order valence-electron chi connectivity index (χ0n) is 15.9. The lowest BCUT2D eigenvalue weighted by molar-refractivity contribution is 0.268. The molecule has 1 aromatic carbocycles. The molecule has 0 unspecified atom stereocenters. The molecule has 3 heterocycles. The van der Waals surface area contributed by atoms with Gasteiger partial charge < -0.3 is 4.74 Å². The molecule has 8 nitrogen and oxygen atoms in total. The minimum atomic E-state index is -0.384. The van der Waals surface area contributed by atoms with E-state index in [-0.39, 0.29) is 18.3 Å². The second kappa shape index (κ2) is 7.34. The van der Waals surface area contributed by atoms with Gasteiger partial charge in [0, 0.05) is 12.1 Å². The molecule has 0 aliphatic heterocycles. The number of rotatable bonds is 6. The first-order valence-corrected chi connectivity index (χ1v) is 9.09. The number of hydrogen-bond acceptors (Lipinski definition) is 6. The standard InChI is InChI=1S/C19H20FN7O/c1-4-26-17(21-11-22-26)10-28-19-14(12(2)3)9-16-23-24-18(27(16)25-19)13-7-5-6-8-15(13)20/h5-9,11-12H,4,10H2,1-3H3. The van der Waals surface area contributed by atoms with Gasteiger partial charge in [0.25, 0.3) is 0 Å². The van der Waals surface area contributed by atoms with Crippen molar-refractivity contribution in [2.75, 3.05) is 0 Å². The number of nitrogens with zero attached hydrogens (tertiary/aromatic N) is 7. The van der Waals surface area contributed by atoms with Gasteiger partial charge in [-0.2, -0.15) is 9.61 Å². The molecule has 0 bridgehead atoms. The van der Waals surface area contributed by atoms with E-state index in [4.69, 9.17) is 4.74 Å².